The average molecular weight is 269 g/mol. The van der Waals surface area contributed by atoms with Crippen molar-refractivity contribution in [2.45, 2.75) is 23.5 Å². The van der Waals surface area contributed by atoms with Gasteiger partial charge in [-0.1, -0.05) is 35.5 Å². The quantitative estimate of drug-likeness (QED) is 0.930. The van der Waals surface area contributed by atoms with Gasteiger partial charge in [-0.25, -0.2) is 0 Å². The number of hydrogen-bond acceptors (Lipinski definition) is 3. The molecule has 1 aromatic carbocycles. The van der Waals surface area contributed by atoms with E-state index in [4.69, 9.17) is 11.6 Å². The lowest BCUT2D eigenvalue weighted by molar-refractivity contribution is 0.279. The van der Waals surface area contributed by atoms with E-state index >= 15 is 0 Å². The first-order valence-corrected chi connectivity index (χ1v) is 6.38. The summed E-state index contributed by atoms with van der Waals surface area (Å²) in [6.07, 6.45) is 0. The number of aromatic nitrogens is 2. The summed E-state index contributed by atoms with van der Waals surface area (Å²) in [4.78, 5) is 0.889. The Morgan fingerprint density at radius 2 is 2.24 bits per heavy atom. The molecule has 0 atom stereocenters. The summed E-state index contributed by atoms with van der Waals surface area (Å²) in [6, 6.07) is 7.53. The Morgan fingerprint density at radius 1 is 1.47 bits per heavy atom. The lowest BCUT2D eigenvalue weighted by Crippen LogP contribution is -1.94. The Hall–Kier alpha value is -0.970. The van der Waals surface area contributed by atoms with Gasteiger partial charge in [-0.3, -0.25) is 4.68 Å². The molecule has 0 bridgehead atoms. The zero-order valence-corrected chi connectivity index (χ0v) is 11.2. The third-order valence-electron chi connectivity index (χ3n) is 2.38. The van der Waals surface area contributed by atoms with Crippen molar-refractivity contribution in [2.75, 3.05) is 0 Å². The maximum Gasteiger partial charge on any atom is 0.0987 e. The van der Waals surface area contributed by atoms with Crippen LogP contribution in [0.5, 0.6) is 0 Å². The van der Waals surface area contributed by atoms with E-state index in [2.05, 4.69) is 5.10 Å². The SMILES string of the molecule is Cc1cc(Sc2c(Cl)cccc2CO)n(C)n1. The van der Waals surface area contributed by atoms with Crippen LogP contribution in [-0.2, 0) is 13.7 Å². The molecule has 0 radical (unpaired) electrons. The highest BCUT2D eigenvalue weighted by molar-refractivity contribution is 7.99. The second-order valence-electron chi connectivity index (χ2n) is 3.74. The third kappa shape index (κ3) is 2.65. The number of benzene rings is 1. The number of rotatable bonds is 3. The Labute approximate surface area is 109 Å². The van der Waals surface area contributed by atoms with Crippen molar-refractivity contribution >= 4 is 23.4 Å². The first kappa shape index (κ1) is 12.5. The Bertz CT molecular complexity index is 539. The average Bonchev–Trinajstić information content (AvgIpc) is 2.60. The molecule has 0 amide bonds. The predicted octanol–water partition coefficient (Wildman–Crippen LogP) is 3.03. The van der Waals surface area contributed by atoms with Gasteiger partial charge < -0.3 is 5.11 Å². The van der Waals surface area contributed by atoms with Gasteiger partial charge in [0.2, 0.25) is 0 Å². The molecule has 2 aromatic rings. The van der Waals surface area contributed by atoms with Crippen LogP contribution in [0.1, 0.15) is 11.3 Å². The molecule has 0 aliphatic heterocycles. The first-order chi connectivity index (χ1) is 8.11. The molecule has 2 rings (SSSR count). The predicted molar refractivity (Wildman–Crippen MR) is 69.4 cm³/mol. The van der Waals surface area contributed by atoms with Crippen molar-refractivity contribution < 1.29 is 5.11 Å². The van der Waals surface area contributed by atoms with E-state index in [-0.39, 0.29) is 6.61 Å². The van der Waals surface area contributed by atoms with Crippen LogP contribution in [0.25, 0.3) is 0 Å². The van der Waals surface area contributed by atoms with E-state index in [1.54, 1.807) is 0 Å². The molecule has 3 nitrogen and oxygen atoms in total. The largest absolute Gasteiger partial charge is 0.392 e. The van der Waals surface area contributed by atoms with E-state index < -0.39 is 0 Å². The fourth-order valence-electron chi connectivity index (χ4n) is 1.58. The number of aryl methyl sites for hydroxylation is 2. The van der Waals surface area contributed by atoms with Gasteiger partial charge in [-0.2, -0.15) is 5.10 Å². The Morgan fingerprint density at radius 3 is 2.82 bits per heavy atom. The van der Waals surface area contributed by atoms with Gasteiger partial charge in [0.1, 0.15) is 0 Å². The maximum absolute atomic E-state index is 9.30. The fraction of sp³-hybridized carbons (Fsp3) is 0.250. The minimum Gasteiger partial charge on any atom is -0.392 e. The molecule has 17 heavy (non-hydrogen) atoms. The van der Waals surface area contributed by atoms with Gasteiger partial charge in [0, 0.05) is 11.9 Å². The molecule has 1 aromatic heterocycles. The normalized spacial score (nSPS) is 10.8. The molecule has 0 aliphatic carbocycles. The zero-order valence-electron chi connectivity index (χ0n) is 9.64. The van der Waals surface area contributed by atoms with Crippen LogP contribution < -0.4 is 0 Å². The molecule has 1 heterocycles. The lowest BCUT2D eigenvalue weighted by Gasteiger charge is -2.08. The van der Waals surface area contributed by atoms with Crippen LogP contribution in [0.4, 0.5) is 0 Å². The van der Waals surface area contributed by atoms with Gasteiger partial charge in [0.05, 0.1) is 22.3 Å². The minimum atomic E-state index is -0.0142. The number of halogens is 1. The molecule has 5 heteroatoms. The molecule has 0 saturated carbocycles. The summed E-state index contributed by atoms with van der Waals surface area (Å²) >= 11 is 7.68. The van der Waals surface area contributed by atoms with Crippen LogP contribution in [0.2, 0.25) is 5.02 Å². The lowest BCUT2D eigenvalue weighted by atomic mass is 10.2. The van der Waals surface area contributed by atoms with E-state index in [0.717, 1.165) is 21.2 Å². The van der Waals surface area contributed by atoms with Crippen molar-refractivity contribution in [3.63, 3.8) is 0 Å². The summed E-state index contributed by atoms with van der Waals surface area (Å²) in [7, 11) is 1.89. The van der Waals surface area contributed by atoms with E-state index in [0.29, 0.717) is 5.02 Å². The highest BCUT2D eigenvalue weighted by Crippen LogP contribution is 2.36. The molecular weight excluding hydrogens is 256 g/mol. The monoisotopic (exact) mass is 268 g/mol. The van der Waals surface area contributed by atoms with Crippen molar-refractivity contribution in [1.29, 1.82) is 0 Å². The molecule has 90 valence electrons. The molecule has 0 spiro atoms. The van der Waals surface area contributed by atoms with Gasteiger partial charge >= 0.3 is 0 Å². The van der Waals surface area contributed by atoms with Gasteiger partial charge in [-0.15, -0.1) is 0 Å². The smallest absolute Gasteiger partial charge is 0.0987 e. The van der Waals surface area contributed by atoms with E-state index in [1.165, 1.54) is 11.8 Å². The topological polar surface area (TPSA) is 38.0 Å². The van der Waals surface area contributed by atoms with Crippen LogP contribution in [0, 0.1) is 6.92 Å². The van der Waals surface area contributed by atoms with Gasteiger partial charge in [-0.05, 0) is 24.6 Å². The van der Waals surface area contributed by atoms with Gasteiger partial charge in [0.25, 0.3) is 0 Å². The molecule has 0 aliphatic rings. The van der Waals surface area contributed by atoms with Crippen molar-refractivity contribution in [3.05, 3.63) is 40.5 Å². The highest BCUT2D eigenvalue weighted by Gasteiger charge is 2.11. The number of aliphatic hydroxyl groups is 1. The summed E-state index contributed by atoms with van der Waals surface area (Å²) in [5.41, 5.74) is 1.80. The van der Waals surface area contributed by atoms with Crippen LogP contribution in [0.3, 0.4) is 0 Å². The molecule has 0 unspecified atom stereocenters. The minimum absolute atomic E-state index is 0.0142. The maximum atomic E-state index is 9.30. The van der Waals surface area contributed by atoms with E-state index in [1.807, 2.05) is 42.9 Å². The molecule has 0 saturated heterocycles. The summed E-state index contributed by atoms with van der Waals surface area (Å²) < 4.78 is 1.81. The summed E-state index contributed by atoms with van der Waals surface area (Å²) in [5.74, 6) is 0. The first-order valence-electron chi connectivity index (χ1n) is 5.18. The van der Waals surface area contributed by atoms with Crippen molar-refractivity contribution in [1.82, 2.24) is 9.78 Å². The number of aliphatic hydroxyl groups excluding tert-OH is 1. The van der Waals surface area contributed by atoms with Crippen molar-refractivity contribution in [3.8, 4) is 0 Å². The van der Waals surface area contributed by atoms with Crippen LogP contribution in [0.15, 0.2) is 34.2 Å². The molecule has 1 N–H and O–H groups in total. The molecule has 0 fully saturated rings. The Kier molecular flexibility index (Phi) is 3.76. The zero-order chi connectivity index (χ0) is 12.4. The summed E-state index contributed by atoms with van der Waals surface area (Å²) in [5, 5.41) is 15.2. The Balaban J connectivity index is 2.39. The van der Waals surface area contributed by atoms with Crippen molar-refractivity contribution in [2.24, 2.45) is 7.05 Å². The second kappa shape index (κ2) is 5.12. The number of nitrogens with zero attached hydrogens (tertiary/aromatic N) is 2. The van der Waals surface area contributed by atoms with Crippen LogP contribution >= 0.6 is 23.4 Å². The third-order valence-corrected chi connectivity index (χ3v) is 4.09. The number of hydrogen-bond donors (Lipinski definition) is 1. The highest BCUT2D eigenvalue weighted by atomic mass is 35.5. The fourth-order valence-corrected chi connectivity index (χ4v) is 2.93. The standard InChI is InChI=1S/C12H13ClN2OS/c1-8-6-11(15(2)14-8)17-12-9(7-16)4-3-5-10(12)13/h3-6,16H,7H2,1-2H3. The van der Waals surface area contributed by atoms with Crippen LogP contribution in [-0.4, -0.2) is 14.9 Å². The van der Waals surface area contributed by atoms with Gasteiger partial charge in [0.15, 0.2) is 0 Å². The second-order valence-corrected chi connectivity index (χ2v) is 5.17. The van der Waals surface area contributed by atoms with E-state index in [9.17, 15) is 5.11 Å². The summed E-state index contributed by atoms with van der Waals surface area (Å²) in [6.45, 7) is 1.93. The molecular formula is C12H13ClN2OS.